The van der Waals surface area contributed by atoms with Crippen molar-refractivity contribution in [2.75, 3.05) is 6.61 Å². The molecule has 0 atom stereocenters. The first kappa shape index (κ1) is 13.2. The van der Waals surface area contributed by atoms with Gasteiger partial charge in [0.25, 0.3) is 0 Å². The first-order valence-electron chi connectivity index (χ1n) is 5.40. The van der Waals surface area contributed by atoms with Crippen LogP contribution in [-0.4, -0.2) is 32.6 Å². The molecule has 5 nitrogen and oxygen atoms in total. The largest absolute Gasteiger partial charge is 0.476 e. The number of carbonyl (C=O) groups is 1. The molecule has 7 heteroatoms. The van der Waals surface area contributed by atoms with E-state index in [1.54, 1.807) is 0 Å². The fourth-order valence-corrected chi connectivity index (χ4v) is 1.67. The molecular formula is C12H10F2N2O3. The average molecular weight is 268 g/mol. The molecule has 0 amide bonds. The summed E-state index contributed by atoms with van der Waals surface area (Å²) in [4.78, 5) is 10.9. The highest BCUT2D eigenvalue weighted by molar-refractivity contribution is 5.87. The van der Waals surface area contributed by atoms with Gasteiger partial charge in [-0.05, 0) is 24.3 Å². The molecule has 100 valence electrons. The van der Waals surface area contributed by atoms with Crippen LogP contribution in [0.5, 0.6) is 0 Å². The van der Waals surface area contributed by atoms with Gasteiger partial charge < -0.3 is 10.2 Å². The van der Waals surface area contributed by atoms with E-state index >= 15 is 0 Å². The van der Waals surface area contributed by atoms with Crippen molar-refractivity contribution in [2.45, 2.75) is 6.54 Å². The third-order valence-electron chi connectivity index (χ3n) is 2.53. The molecule has 0 radical (unpaired) electrons. The molecule has 0 fully saturated rings. The van der Waals surface area contributed by atoms with Crippen molar-refractivity contribution in [3.8, 4) is 11.3 Å². The Balaban J connectivity index is 2.52. The molecule has 1 aromatic carbocycles. The topological polar surface area (TPSA) is 75.3 Å². The first-order chi connectivity index (χ1) is 9.02. The lowest BCUT2D eigenvalue weighted by Crippen LogP contribution is -2.07. The summed E-state index contributed by atoms with van der Waals surface area (Å²) in [5.41, 5.74) is 0.353. The Kier molecular flexibility index (Phi) is 3.57. The van der Waals surface area contributed by atoms with E-state index in [0.29, 0.717) is 5.69 Å². The average Bonchev–Trinajstić information content (AvgIpc) is 2.77. The lowest BCUT2D eigenvalue weighted by atomic mass is 10.1. The van der Waals surface area contributed by atoms with Crippen molar-refractivity contribution in [3.05, 3.63) is 41.6 Å². The Bertz CT molecular complexity index is 625. The predicted molar refractivity (Wildman–Crippen MR) is 61.6 cm³/mol. The molecule has 0 unspecified atom stereocenters. The van der Waals surface area contributed by atoms with Gasteiger partial charge in [0.15, 0.2) is 17.3 Å². The number of hydrogen-bond acceptors (Lipinski definition) is 3. The van der Waals surface area contributed by atoms with E-state index in [2.05, 4.69) is 5.10 Å². The molecule has 0 aliphatic carbocycles. The van der Waals surface area contributed by atoms with Gasteiger partial charge >= 0.3 is 5.97 Å². The van der Waals surface area contributed by atoms with Crippen LogP contribution < -0.4 is 0 Å². The van der Waals surface area contributed by atoms with Crippen molar-refractivity contribution in [2.24, 2.45) is 0 Å². The van der Waals surface area contributed by atoms with Crippen LogP contribution in [-0.2, 0) is 6.54 Å². The zero-order chi connectivity index (χ0) is 14.0. The summed E-state index contributed by atoms with van der Waals surface area (Å²) in [6, 6.07) is 4.45. The van der Waals surface area contributed by atoms with Gasteiger partial charge in [-0.3, -0.25) is 4.68 Å². The van der Waals surface area contributed by atoms with Crippen molar-refractivity contribution in [1.29, 1.82) is 0 Å². The van der Waals surface area contributed by atoms with E-state index in [9.17, 15) is 13.6 Å². The molecule has 0 spiro atoms. The van der Waals surface area contributed by atoms with Gasteiger partial charge in [0.2, 0.25) is 0 Å². The SMILES string of the molecule is O=C(O)c1cc(-c2ccc(F)c(F)c2)n(CCO)n1. The van der Waals surface area contributed by atoms with Crippen LogP contribution in [0.15, 0.2) is 24.3 Å². The number of nitrogens with zero attached hydrogens (tertiary/aromatic N) is 2. The summed E-state index contributed by atoms with van der Waals surface area (Å²) in [5.74, 6) is -3.26. The van der Waals surface area contributed by atoms with Crippen LogP contribution >= 0.6 is 0 Å². The number of halogens is 2. The number of carboxylic acid groups (broad SMARTS) is 1. The first-order valence-corrected chi connectivity index (χ1v) is 5.40. The number of rotatable bonds is 4. The monoisotopic (exact) mass is 268 g/mol. The summed E-state index contributed by atoms with van der Waals surface area (Å²) in [5, 5.41) is 21.5. The smallest absolute Gasteiger partial charge is 0.356 e. The second-order valence-electron chi connectivity index (χ2n) is 3.80. The molecule has 0 saturated carbocycles. The minimum absolute atomic E-state index is 0.0572. The fourth-order valence-electron chi connectivity index (χ4n) is 1.67. The molecule has 2 N–H and O–H groups in total. The standard InChI is InChI=1S/C12H10F2N2O3/c13-8-2-1-7(5-9(8)14)11-6-10(12(18)19)15-16(11)3-4-17/h1-2,5-6,17H,3-4H2,(H,18,19). The van der Waals surface area contributed by atoms with Crippen LogP contribution in [0, 0.1) is 11.6 Å². The third-order valence-corrected chi connectivity index (χ3v) is 2.53. The Hall–Kier alpha value is -2.28. The van der Waals surface area contributed by atoms with Crippen molar-refractivity contribution in [1.82, 2.24) is 9.78 Å². The quantitative estimate of drug-likeness (QED) is 0.881. The Morgan fingerprint density at radius 2 is 2.00 bits per heavy atom. The van der Waals surface area contributed by atoms with Gasteiger partial charge in [-0.25, -0.2) is 13.6 Å². The molecular weight excluding hydrogens is 258 g/mol. The number of aromatic nitrogens is 2. The van der Waals surface area contributed by atoms with Gasteiger partial charge in [0.05, 0.1) is 18.8 Å². The maximum Gasteiger partial charge on any atom is 0.356 e. The predicted octanol–water partition coefficient (Wildman–Crippen LogP) is 1.52. The van der Waals surface area contributed by atoms with E-state index in [1.807, 2.05) is 0 Å². The van der Waals surface area contributed by atoms with Gasteiger partial charge in [0.1, 0.15) is 0 Å². The molecule has 1 aromatic heterocycles. The van der Waals surface area contributed by atoms with Gasteiger partial charge in [-0.1, -0.05) is 0 Å². The number of hydrogen-bond donors (Lipinski definition) is 2. The normalized spacial score (nSPS) is 10.7. The van der Waals surface area contributed by atoms with Crippen LogP contribution in [0.4, 0.5) is 8.78 Å². The van der Waals surface area contributed by atoms with Crippen molar-refractivity contribution < 1.29 is 23.8 Å². The van der Waals surface area contributed by atoms with E-state index < -0.39 is 17.6 Å². The Morgan fingerprint density at radius 1 is 1.26 bits per heavy atom. The molecule has 19 heavy (non-hydrogen) atoms. The van der Waals surface area contributed by atoms with Gasteiger partial charge in [0, 0.05) is 5.56 Å². The van der Waals surface area contributed by atoms with Crippen LogP contribution in [0.1, 0.15) is 10.5 Å². The minimum atomic E-state index is -1.24. The Labute approximate surface area is 106 Å². The fraction of sp³-hybridized carbons (Fsp3) is 0.167. The van der Waals surface area contributed by atoms with E-state index in [1.165, 1.54) is 16.8 Å². The molecule has 0 aliphatic rings. The van der Waals surface area contributed by atoms with Gasteiger partial charge in [-0.15, -0.1) is 0 Å². The summed E-state index contributed by atoms with van der Waals surface area (Å²) in [6.07, 6.45) is 0. The highest BCUT2D eigenvalue weighted by Crippen LogP contribution is 2.22. The molecule has 1 heterocycles. The van der Waals surface area contributed by atoms with Crippen molar-refractivity contribution >= 4 is 5.97 Å². The second-order valence-corrected chi connectivity index (χ2v) is 3.80. The third kappa shape index (κ3) is 2.60. The Morgan fingerprint density at radius 3 is 2.58 bits per heavy atom. The highest BCUT2D eigenvalue weighted by Gasteiger charge is 2.15. The van der Waals surface area contributed by atoms with E-state index in [-0.39, 0.29) is 24.4 Å². The lowest BCUT2D eigenvalue weighted by molar-refractivity contribution is 0.0689. The van der Waals surface area contributed by atoms with Crippen molar-refractivity contribution in [3.63, 3.8) is 0 Å². The van der Waals surface area contributed by atoms with Crippen LogP contribution in [0.2, 0.25) is 0 Å². The summed E-state index contributed by atoms with van der Waals surface area (Å²) >= 11 is 0. The number of aliphatic hydroxyl groups excluding tert-OH is 1. The van der Waals surface area contributed by atoms with E-state index in [0.717, 1.165) is 12.1 Å². The number of aromatic carboxylic acids is 1. The highest BCUT2D eigenvalue weighted by atomic mass is 19.2. The number of aliphatic hydroxyl groups is 1. The molecule has 0 aliphatic heterocycles. The molecule has 0 bridgehead atoms. The zero-order valence-corrected chi connectivity index (χ0v) is 9.68. The van der Waals surface area contributed by atoms with Gasteiger partial charge in [-0.2, -0.15) is 5.10 Å². The van der Waals surface area contributed by atoms with E-state index in [4.69, 9.17) is 10.2 Å². The molecule has 2 rings (SSSR count). The maximum atomic E-state index is 13.2. The van der Waals surface area contributed by atoms with Crippen LogP contribution in [0.25, 0.3) is 11.3 Å². The zero-order valence-electron chi connectivity index (χ0n) is 9.68. The summed E-state index contributed by atoms with van der Waals surface area (Å²) < 4.78 is 27.3. The second kappa shape index (κ2) is 5.15. The maximum absolute atomic E-state index is 13.2. The molecule has 2 aromatic rings. The summed E-state index contributed by atoms with van der Waals surface area (Å²) in [6.45, 7) is -0.195. The molecule has 0 saturated heterocycles. The minimum Gasteiger partial charge on any atom is -0.476 e. The summed E-state index contributed by atoms with van der Waals surface area (Å²) in [7, 11) is 0. The number of carboxylic acids is 1. The lowest BCUT2D eigenvalue weighted by Gasteiger charge is -2.05. The van der Waals surface area contributed by atoms with Crippen LogP contribution in [0.3, 0.4) is 0 Å². The number of benzene rings is 1.